The molecule has 0 aliphatic carbocycles. The fourth-order valence-corrected chi connectivity index (χ4v) is 5.86. The molecule has 0 unspecified atom stereocenters. The average Bonchev–Trinajstić information content (AvgIpc) is 3.36. The maximum Gasteiger partial charge on any atom is 0.269 e. The van der Waals surface area contributed by atoms with Crippen molar-refractivity contribution in [1.29, 1.82) is 0 Å². The predicted molar refractivity (Wildman–Crippen MR) is 120 cm³/mol. The van der Waals surface area contributed by atoms with Crippen molar-refractivity contribution in [1.82, 2.24) is 10.1 Å². The van der Waals surface area contributed by atoms with Gasteiger partial charge in [-0.2, -0.15) is 4.98 Å². The number of sulfonamides is 1. The number of hydrogen-bond acceptors (Lipinski definition) is 6. The van der Waals surface area contributed by atoms with Crippen LogP contribution >= 0.6 is 22.9 Å². The SMILES string of the molecule is Cc1cc(C)cc(N(C)S(=O)(=O)c2ccsc2-c2nc(-c3ccccc3Cl)no2)c1. The molecule has 2 aromatic heterocycles. The van der Waals surface area contributed by atoms with Gasteiger partial charge < -0.3 is 4.52 Å². The van der Waals surface area contributed by atoms with E-state index in [9.17, 15) is 8.42 Å². The molecule has 0 bridgehead atoms. The Morgan fingerprint density at radius 2 is 1.77 bits per heavy atom. The van der Waals surface area contributed by atoms with Gasteiger partial charge in [0.15, 0.2) is 0 Å². The molecule has 2 aromatic carbocycles. The number of rotatable bonds is 5. The molecular formula is C21H18ClN3O3S2. The Morgan fingerprint density at radius 3 is 2.47 bits per heavy atom. The lowest BCUT2D eigenvalue weighted by Gasteiger charge is -2.20. The molecule has 0 N–H and O–H groups in total. The molecule has 4 aromatic rings. The van der Waals surface area contributed by atoms with Crippen molar-refractivity contribution in [3.05, 3.63) is 70.1 Å². The van der Waals surface area contributed by atoms with Gasteiger partial charge in [-0.05, 0) is 60.7 Å². The van der Waals surface area contributed by atoms with Gasteiger partial charge in [-0.25, -0.2) is 8.42 Å². The maximum atomic E-state index is 13.4. The van der Waals surface area contributed by atoms with Gasteiger partial charge in [0.25, 0.3) is 15.9 Å². The number of aromatic nitrogens is 2. The second-order valence-corrected chi connectivity index (χ2v) is 10.1. The summed E-state index contributed by atoms with van der Waals surface area (Å²) < 4.78 is 33.4. The second-order valence-electron chi connectivity index (χ2n) is 6.84. The smallest absolute Gasteiger partial charge is 0.269 e. The zero-order valence-corrected chi connectivity index (χ0v) is 18.8. The van der Waals surface area contributed by atoms with Crippen LogP contribution in [0.4, 0.5) is 5.69 Å². The zero-order valence-electron chi connectivity index (χ0n) is 16.5. The summed E-state index contributed by atoms with van der Waals surface area (Å²) in [5.41, 5.74) is 3.17. The molecule has 0 radical (unpaired) electrons. The Kier molecular flexibility index (Phi) is 5.40. The van der Waals surface area contributed by atoms with Gasteiger partial charge in [0.2, 0.25) is 5.82 Å². The molecule has 0 amide bonds. The number of hydrogen-bond donors (Lipinski definition) is 0. The van der Waals surface area contributed by atoms with Crippen molar-refractivity contribution < 1.29 is 12.9 Å². The summed E-state index contributed by atoms with van der Waals surface area (Å²) in [7, 11) is -2.30. The Bertz CT molecular complexity index is 1310. The molecule has 9 heteroatoms. The van der Waals surface area contributed by atoms with Crippen LogP contribution in [-0.4, -0.2) is 25.6 Å². The van der Waals surface area contributed by atoms with E-state index >= 15 is 0 Å². The first-order valence-electron chi connectivity index (χ1n) is 9.01. The maximum absolute atomic E-state index is 13.4. The molecule has 154 valence electrons. The molecule has 0 aliphatic rings. The molecule has 0 saturated carbocycles. The lowest BCUT2D eigenvalue weighted by atomic mass is 10.1. The summed E-state index contributed by atoms with van der Waals surface area (Å²) in [5, 5.41) is 6.16. The van der Waals surface area contributed by atoms with Crippen LogP contribution in [-0.2, 0) is 10.0 Å². The molecule has 2 heterocycles. The fourth-order valence-electron chi connectivity index (χ4n) is 3.14. The normalized spacial score (nSPS) is 11.6. The number of nitrogens with zero attached hydrogens (tertiary/aromatic N) is 3. The third-order valence-electron chi connectivity index (χ3n) is 4.57. The zero-order chi connectivity index (χ0) is 21.5. The lowest BCUT2D eigenvalue weighted by molar-refractivity contribution is 0.432. The van der Waals surface area contributed by atoms with Gasteiger partial charge in [-0.15, -0.1) is 11.3 Å². The van der Waals surface area contributed by atoms with Crippen molar-refractivity contribution in [2.45, 2.75) is 18.7 Å². The Hall–Kier alpha value is -2.68. The monoisotopic (exact) mass is 459 g/mol. The number of aryl methyl sites for hydroxylation is 2. The van der Waals surface area contributed by atoms with Gasteiger partial charge in [0, 0.05) is 12.6 Å². The molecule has 0 saturated heterocycles. The third-order valence-corrected chi connectivity index (χ3v) is 7.76. The van der Waals surface area contributed by atoms with Crippen LogP contribution in [0.5, 0.6) is 0 Å². The highest BCUT2D eigenvalue weighted by Crippen LogP contribution is 2.36. The average molecular weight is 460 g/mol. The van der Waals surface area contributed by atoms with Crippen LogP contribution in [0, 0.1) is 13.8 Å². The van der Waals surface area contributed by atoms with Gasteiger partial charge in [-0.3, -0.25) is 4.31 Å². The Labute approximate surface area is 183 Å². The highest BCUT2D eigenvalue weighted by molar-refractivity contribution is 7.93. The summed E-state index contributed by atoms with van der Waals surface area (Å²) in [6.45, 7) is 3.86. The van der Waals surface area contributed by atoms with Crippen LogP contribution in [0.25, 0.3) is 22.2 Å². The van der Waals surface area contributed by atoms with Crippen LogP contribution in [0.3, 0.4) is 0 Å². The van der Waals surface area contributed by atoms with E-state index in [4.69, 9.17) is 16.1 Å². The van der Waals surface area contributed by atoms with E-state index in [0.717, 1.165) is 11.1 Å². The van der Waals surface area contributed by atoms with E-state index in [2.05, 4.69) is 10.1 Å². The predicted octanol–water partition coefficient (Wildman–Crippen LogP) is 5.56. The van der Waals surface area contributed by atoms with Crippen molar-refractivity contribution in [2.75, 3.05) is 11.4 Å². The molecule has 4 rings (SSSR count). The highest BCUT2D eigenvalue weighted by Gasteiger charge is 2.29. The summed E-state index contributed by atoms with van der Waals surface area (Å²) in [6.07, 6.45) is 0. The van der Waals surface area contributed by atoms with Gasteiger partial charge in [0.1, 0.15) is 9.77 Å². The number of halogens is 1. The van der Waals surface area contributed by atoms with Crippen LogP contribution in [0.1, 0.15) is 11.1 Å². The van der Waals surface area contributed by atoms with E-state index < -0.39 is 10.0 Å². The third kappa shape index (κ3) is 3.74. The Morgan fingerprint density at radius 1 is 1.07 bits per heavy atom. The van der Waals surface area contributed by atoms with Crippen LogP contribution in [0.15, 0.2) is 63.3 Å². The molecule has 30 heavy (non-hydrogen) atoms. The minimum Gasteiger partial charge on any atom is -0.333 e. The lowest BCUT2D eigenvalue weighted by Crippen LogP contribution is -2.26. The summed E-state index contributed by atoms with van der Waals surface area (Å²) in [5.74, 6) is 0.433. The van der Waals surface area contributed by atoms with Crippen LogP contribution < -0.4 is 4.31 Å². The number of anilines is 1. The molecule has 0 fully saturated rings. The van der Waals surface area contributed by atoms with E-state index in [-0.39, 0.29) is 10.8 Å². The number of thiophene rings is 1. The van der Waals surface area contributed by atoms with Gasteiger partial charge in [0.05, 0.1) is 10.7 Å². The van der Waals surface area contributed by atoms with Crippen molar-refractivity contribution in [2.24, 2.45) is 0 Å². The first-order valence-corrected chi connectivity index (χ1v) is 11.7. The van der Waals surface area contributed by atoms with Crippen LogP contribution in [0.2, 0.25) is 5.02 Å². The minimum absolute atomic E-state index is 0.114. The second kappa shape index (κ2) is 7.86. The summed E-state index contributed by atoms with van der Waals surface area (Å²) in [6, 6.07) is 14.3. The van der Waals surface area contributed by atoms with E-state index in [1.165, 1.54) is 22.7 Å². The van der Waals surface area contributed by atoms with Gasteiger partial charge in [-0.1, -0.05) is 35.0 Å². The van der Waals surface area contributed by atoms with Gasteiger partial charge >= 0.3 is 0 Å². The molecule has 0 spiro atoms. The quantitative estimate of drug-likeness (QED) is 0.390. The fraction of sp³-hybridized carbons (Fsp3) is 0.143. The molecule has 6 nitrogen and oxygen atoms in total. The molecule has 0 aliphatic heterocycles. The molecular weight excluding hydrogens is 442 g/mol. The number of benzene rings is 2. The van der Waals surface area contributed by atoms with E-state index in [1.807, 2.05) is 38.1 Å². The van der Waals surface area contributed by atoms with Crippen molar-refractivity contribution in [3.8, 4) is 22.2 Å². The van der Waals surface area contributed by atoms with Crippen molar-refractivity contribution >= 4 is 38.6 Å². The first-order chi connectivity index (χ1) is 14.3. The van der Waals surface area contributed by atoms with E-state index in [0.29, 0.717) is 27.0 Å². The minimum atomic E-state index is -3.83. The standard InChI is InChI=1S/C21H18ClN3O3S2/c1-13-10-14(2)12-15(11-13)25(3)30(26,27)18-8-9-29-19(18)21-23-20(24-28-21)16-6-4-5-7-17(16)22/h4-12H,1-3H3. The Balaban J connectivity index is 1.74. The topological polar surface area (TPSA) is 76.3 Å². The molecule has 0 atom stereocenters. The summed E-state index contributed by atoms with van der Waals surface area (Å²) >= 11 is 7.44. The first kappa shape index (κ1) is 20.6. The highest BCUT2D eigenvalue weighted by atomic mass is 35.5. The largest absolute Gasteiger partial charge is 0.333 e. The summed E-state index contributed by atoms with van der Waals surface area (Å²) in [4.78, 5) is 4.88. The van der Waals surface area contributed by atoms with Crippen molar-refractivity contribution in [3.63, 3.8) is 0 Å². The van der Waals surface area contributed by atoms with E-state index in [1.54, 1.807) is 29.6 Å².